The molecule has 0 atom stereocenters. The number of nitrogens with zero attached hydrogens (tertiary/aromatic N) is 3. The molecule has 1 amide bonds. The molecule has 2 aromatic rings. The van der Waals surface area contributed by atoms with Gasteiger partial charge in [0.15, 0.2) is 0 Å². The third-order valence-electron chi connectivity index (χ3n) is 2.48. The van der Waals surface area contributed by atoms with Crippen LogP contribution in [0.5, 0.6) is 0 Å². The van der Waals surface area contributed by atoms with Crippen molar-refractivity contribution in [2.45, 2.75) is 6.42 Å². The van der Waals surface area contributed by atoms with Gasteiger partial charge in [-0.1, -0.05) is 0 Å². The molecule has 17 heavy (non-hydrogen) atoms. The number of nitrogens with two attached hydrogens (primary N) is 1. The minimum absolute atomic E-state index is 0.248. The molecule has 2 rings (SSSR count). The SMILES string of the molecule is Cn1nccc1CCNC(=O)c1[nH]ncc1N. The molecular weight excluding hydrogens is 220 g/mol. The van der Waals surface area contributed by atoms with Crippen molar-refractivity contribution in [1.82, 2.24) is 25.3 Å². The molecule has 7 nitrogen and oxygen atoms in total. The lowest BCUT2D eigenvalue weighted by Gasteiger charge is -2.04. The summed E-state index contributed by atoms with van der Waals surface area (Å²) in [7, 11) is 1.87. The molecule has 7 heteroatoms. The van der Waals surface area contributed by atoms with E-state index in [-0.39, 0.29) is 5.91 Å². The van der Waals surface area contributed by atoms with Crippen molar-refractivity contribution in [2.24, 2.45) is 7.05 Å². The summed E-state index contributed by atoms with van der Waals surface area (Å²) in [6, 6.07) is 1.91. The number of aromatic amines is 1. The normalized spacial score (nSPS) is 10.4. The Balaban J connectivity index is 1.86. The zero-order valence-electron chi connectivity index (χ0n) is 9.47. The van der Waals surface area contributed by atoms with E-state index in [9.17, 15) is 4.79 Å². The van der Waals surface area contributed by atoms with Gasteiger partial charge in [0.25, 0.3) is 5.91 Å². The summed E-state index contributed by atoms with van der Waals surface area (Å²) in [4.78, 5) is 11.7. The monoisotopic (exact) mass is 234 g/mol. The number of amides is 1. The summed E-state index contributed by atoms with van der Waals surface area (Å²) in [5.41, 5.74) is 7.27. The fourth-order valence-corrected chi connectivity index (χ4v) is 1.52. The van der Waals surface area contributed by atoms with E-state index in [1.807, 2.05) is 13.1 Å². The average Bonchev–Trinajstić information content (AvgIpc) is 2.88. The summed E-state index contributed by atoms with van der Waals surface area (Å²) in [6.07, 6.45) is 3.86. The van der Waals surface area contributed by atoms with Crippen LogP contribution in [-0.4, -0.2) is 32.4 Å². The number of aromatic nitrogens is 4. The van der Waals surface area contributed by atoms with Crippen LogP contribution in [0.15, 0.2) is 18.5 Å². The smallest absolute Gasteiger partial charge is 0.271 e. The first-order valence-electron chi connectivity index (χ1n) is 5.22. The lowest BCUT2D eigenvalue weighted by atomic mass is 10.3. The van der Waals surface area contributed by atoms with Gasteiger partial charge in [-0.2, -0.15) is 10.2 Å². The van der Waals surface area contributed by atoms with Gasteiger partial charge < -0.3 is 11.1 Å². The van der Waals surface area contributed by atoms with Crippen LogP contribution in [0.1, 0.15) is 16.2 Å². The Morgan fingerprint density at radius 3 is 3.06 bits per heavy atom. The third-order valence-corrected chi connectivity index (χ3v) is 2.48. The molecule has 2 heterocycles. The number of carbonyl (C=O) groups is 1. The van der Waals surface area contributed by atoms with Crippen molar-refractivity contribution in [3.63, 3.8) is 0 Å². The Bertz CT molecular complexity index is 514. The minimum atomic E-state index is -0.248. The number of carbonyl (C=O) groups excluding carboxylic acids is 1. The zero-order valence-corrected chi connectivity index (χ0v) is 9.47. The summed E-state index contributed by atoms with van der Waals surface area (Å²) < 4.78 is 1.77. The number of hydrogen-bond acceptors (Lipinski definition) is 4. The third kappa shape index (κ3) is 2.44. The van der Waals surface area contributed by atoms with Crippen LogP contribution in [0, 0.1) is 0 Å². The Morgan fingerprint density at radius 1 is 1.65 bits per heavy atom. The number of nitrogen functional groups attached to an aromatic ring is 1. The minimum Gasteiger partial charge on any atom is -0.396 e. The predicted octanol–water partition coefficient (Wildman–Crippen LogP) is -0.302. The Labute approximate surface area is 98.0 Å². The van der Waals surface area contributed by atoms with Crippen LogP contribution in [0.3, 0.4) is 0 Å². The van der Waals surface area contributed by atoms with Crippen molar-refractivity contribution in [3.8, 4) is 0 Å². The van der Waals surface area contributed by atoms with Gasteiger partial charge in [0, 0.05) is 31.9 Å². The van der Waals surface area contributed by atoms with Gasteiger partial charge in [0.05, 0.1) is 11.9 Å². The van der Waals surface area contributed by atoms with Crippen molar-refractivity contribution >= 4 is 11.6 Å². The second-order valence-corrected chi connectivity index (χ2v) is 3.65. The van der Waals surface area contributed by atoms with Crippen molar-refractivity contribution in [1.29, 1.82) is 0 Å². The van der Waals surface area contributed by atoms with Crippen LogP contribution in [0.4, 0.5) is 5.69 Å². The molecule has 0 aliphatic rings. The molecular formula is C10H14N6O. The average molecular weight is 234 g/mol. The maximum Gasteiger partial charge on any atom is 0.271 e. The molecule has 0 aromatic carbocycles. The molecule has 0 spiro atoms. The molecule has 0 fully saturated rings. The topological polar surface area (TPSA) is 102 Å². The van der Waals surface area contributed by atoms with E-state index in [2.05, 4.69) is 20.6 Å². The number of aryl methyl sites for hydroxylation is 1. The van der Waals surface area contributed by atoms with Crippen molar-refractivity contribution in [2.75, 3.05) is 12.3 Å². The van der Waals surface area contributed by atoms with E-state index in [4.69, 9.17) is 5.73 Å². The highest BCUT2D eigenvalue weighted by Crippen LogP contribution is 2.05. The van der Waals surface area contributed by atoms with Gasteiger partial charge >= 0.3 is 0 Å². The molecule has 0 bridgehead atoms. The standard InChI is InChI=1S/C10H14N6O/c1-16-7(3-5-14-16)2-4-12-10(17)9-8(11)6-13-15-9/h3,5-6H,2,4,11H2,1H3,(H,12,17)(H,13,15). The van der Waals surface area contributed by atoms with Gasteiger partial charge in [-0.25, -0.2) is 0 Å². The fraction of sp³-hybridized carbons (Fsp3) is 0.300. The molecule has 0 aliphatic heterocycles. The molecule has 0 aliphatic carbocycles. The first kappa shape index (κ1) is 11.2. The van der Waals surface area contributed by atoms with Gasteiger partial charge in [-0.15, -0.1) is 0 Å². The maximum atomic E-state index is 11.7. The van der Waals surface area contributed by atoms with Crippen LogP contribution >= 0.6 is 0 Å². The highest BCUT2D eigenvalue weighted by molar-refractivity contribution is 5.96. The van der Waals surface area contributed by atoms with Crippen molar-refractivity contribution in [3.05, 3.63) is 29.8 Å². The Hall–Kier alpha value is -2.31. The van der Waals surface area contributed by atoms with E-state index in [0.717, 1.165) is 12.1 Å². The van der Waals surface area contributed by atoms with E-state index >= 15 is 0 Å². The largest absolute Gasteiger partial charge is 0.396 e. The molecule has 2 aromatic heterocycles. The van der Waals surface area contributed by atoms with Crippen LogP contribution in [-0.2, 0) is 13.5 Å². The lowest BCUT2D eigenvalue weighted by molar-refractivity contribution is 0.0950. The highest BCUT2D eigenvalue weighted by Gasteiger charge is 2.10. The number of nitrogens with one attached hydrogen (secondary N) is 2. The molecule has 90 valence electrons. The van der Waals surface area contributed by atoms with E-state index < -0.39 is 0 Å². The molecule has 0 saturated heterocycles. The quantitative estimate of drug-likeness (QED) is 0.675. The lowest BCUT2D eigenvalue weighted by Crippen LogP contribution is -2.27. The number of anilines is 1. The summed E-state index contributed by atoms with van der Waals surface area (Å²) >= 11 is 0. The van der Waals surface area contributed by atoms with Gasteiger partial charge in [-0.3, -0.25) is 14.6 Å². The Morgan fingerprint density at radius 2 is 2.47 bits per heavy atom. The molecule has 0 unspecified atom stereocenters. The molecule has 0 radical (unpaired) electrons. The van der Waals surface area contributed by atoms with Gasteiger partial charge in [0.1, 0.15) is 5.69 Å². The number of H-pyrrole nitrogens is 1. The van der Waals surface area contributed by atoms with Gasteiger partial charge in [0.2, 0.25) is 0 Å². The fourth-order valence-electron chi connectivity index (χ4n) is 1.52. The first-order valence-corrected chi connectivity index (χ1v) is 5.22. The van der Waals surface area contributed by atoms with E-state index in [0.29, 0.717) is 17.9 Å². The van der Waals surface area contributed by atoms with E-state index in [1.54, 1.807) is 10.9 Å². The number of rotatable bonds is 4. The van der Waals surface area contributed by atoms with Crippen LogP contribution < -0.4 is 11.1 Å². The summed E-state index contributed by atoms with van der Waals surface area (Å²) in [5, 5.41) is 13.1. The zero-order chi connectivity index (χ0) is 12.3. The second-order valence-electron chi connectivity index (χ2n) is 3.65. The maximum absolute atomic E-state index is 11.7. The van der Waals surface area contributed by atoms with Crippen molar-refractivity contribution < 1.29 is 4.79 Å². The van der Waals surface area contributed by atoms with Crippen LogP contribution in [0.2, 0.25) is 0 Å². The molecule has 4 N–H and O–H groups in total. The first-order chi connectivity index (χ1) is 8.18. The highest BCUT2D eigenvalue weighted by atomic mass is 16.1. The Kier molecular flexibility index (Phi) is 3.08. The van der Waals surface area contributed by atoms with E-state index in [1.165, 1.54) is 6.20 Å². The predicted molar refractivity (Wildman–Crippen MR) is 62.2 cm³/mol. The van der Waals surface area contributed by atoms with Gasteiger partial charge in [-0.05, 0) is 6.07 Å². The summed E-state index contributed by atoms with van der Waals surface area (Å²) in [5.74, 6) is -0.248. The molecule has 0 saturated carbocycles. The van der Waals surface area contributed by atoms with Crippen LogP contribution in [0.25, 0.3) is 0 Å². The number of hydrogen-bond donors (Lipinski definition) is 3. The summed E-state index contributed by atoms with van der Waals surface area (Å²) in [6.45, 7) is 0.525. The second kappa shape index (κ2) is 4.69.